The van der Waals surface area contributed by atoms with Crippen LogP contribution in [0.2, 0.25) is 0 Å². The molecule has 0 unspecified atom stereocenters. The highest BCUT2D eigenvalue weighted by Gasteiger charge is 2.00. The molecule has 0 aliphatic carbocycles. The summed E-state index contributed by atoms with van der Waals surface area (Å²) < 4.78 is 1.99. The van der Waals surface area contributed by atoms with E-state index in [1.54, 1.807) is 6.08 Å². The Morgan fingerprint density at radius 1 is 1.53 bits per heavy atom. The monoisotopic (exact) mass is 259 g/mol. The first-order valence-electron chi connectivity index (χ1n) is 6.17. The third-order valence-electron chi connectivity index (χ3n) is 2.90. The summed E-state index contributed by atoms with van der Waals surface area (Å²) in [4.78, 5) is 14.6. The summed E-state index contributed by atoms with van der Waals surface area (Å²) in [6.45, 7) is 1.38. The van der Waals surface area contributed by atoms with Gasteiger partial charge in [0.25, 0.3) is 0 Å². The summed E-state index contributed by atoms with van der Waals surface area (Å²) in [7, 11) is 1.98. The van der Waals surface area contributed by atoms with E-state index in [1.807, 2.05) is 17.9 Å². The normalized spacial score (nSPS) is 11.4. The zero-order chi connectivity index (χ0) is 13.7. The number of nitrogens with one attached hydrogen (secondary N) is 1. The fraction of sp³-hybridized carbons (Fsp3) is 0.286. The average molecular weight is 259 g/mol. The number of nitrogens with zero attached hydrogens (tertiary/aromatic N) is 2. The van der Waals surface area contributed by atoms with Gasteiger partial charge in [-0.05, 0) is 30.7 Å². The Hall–Kier alpha value is -2.14. The van der Waals surface area contributed by atoms with Crippen LogP contribution in [0, 0.1) is 0 Å². The minimum Gasteiger partial charge on any atom is -0.478 e. The van der Waals surface area contributed by atoms with Gasteiger partial charge in [-0.1, -0.05) is 12.1 Å². The molecule has 0 spiro atoms. The van der Waals surface area contributed by atoms with Crippen LogP contribution in [0.1, 0.15) is 5.56 Å². The third-order valence-corrected chi connectivity index (χ3v) is 2.90. The van der Waals surface area contributed by atoms with E-state index in [9.17, 15) is 4.79 Å². The van der Waals surface area contributed by atoms with Crippen molar-refractivity contribution in [1.82, 2.24) is 14.9 Å². The van der Waals surface area contributed by atoms with Crippen LogP contribution in [-0.4, -0.2) is 33.7 Å². The summed E-state index contributed by atoms with van der Waals surface area (Å²) in [5.74, 6) is -0.914. The molecule has 100 valence electrons. The molecule has 0 radical (unpaired) electrons. The number of hydrogen-bond donors (Lipinski definition) is 2. The molecule has 0 atom stereocenters. The van der Waals surface area contributed by atoms with E-state index < -0.39 is 5.97 Å². The molecule has 2 N–H and O–H groups in total. The van der Waals surface area contributed by atoms with Crippen molar-refractivity contribution < 1.29 is 9.90 Å². The Bertz CT molecular complexity index is 602. The molecule has 1 aromatic carbocycles. The van der Waals surface area contributed by atoms with E-state index in [1.165, 1.54) is 5.56 Å². The summed E-state index contributed by atoms with van der Waals surface area (Å²) in [6, 6.07) is 6.25. The van der Waals surface area contributed by atoms with E-state index in [2.05, 4.69) is 28.5 Å². The molecule has 1 aromatic heterocycles. The summed E-state index contributed by atoms with van der Waals surface area (Å²) in [5.41, 5.74) is 3.35. The van der Waals surface area contributed by atoms with Gasteiger partial charge in [-0.3, -0.25) is 0 Å². The number of imidazole rings is 1. The second-order valence-corrected chi connectivity index (χ2v) is 4.37. The first-order chi connectivity index (χ1) is 9.16. The number of carboxylic acid groups (broad SMARTS) is 1. The molecule has 19 heavy (non-hydrogen) atoms. The number of hydrogen-bond acceptors (Lipinski definition) is 3. The lowest BCUT2D eigenvalue weighted by Crippen LogP contribution is -2.17. The van der Waals surface area contributed by atoms with E-state index in [-0.39, 0.29) is 0 Å². The van der Waals surface area contributed by atoms with Gasteiger partial charge in [0, 0.05) is 19.7 Å². The van der Waals surface area contributed by atoms with E-state index in [4.69, 9.17) is 5.11 Å². The lowest BCUT2D eigenvalue weighted by molar-refractivity contribution is -0.131. The van der Waals surface area contributed by atoms with Crippen LogP contribution >= 0.6 is 0 Å². The summed E-state index contributed by atoms with van der Waals surface area (Å²) in [6.07, 6.45) is 5.45. The lowest BCUT2D eigenvalue weighted by atomic mass is 10.1. The minimum atomic E-state index is -0.914. The minimum absolute atomic E-state index is 0.568. The first-order valence-corrected chi connectivity index (χ1v) is 6.17. The maximum Gasteiger partial charge on any atom is 0.328 e. The number of fused-ring (bicyclic) bond motifs is 1. The van der Waals surface area contributed by atoms with Crippen molar-refractivity contribution in [3.05, 3.63) is 42.2 Å². The Morgan fingerprint density at radius 2 is 2.37 bits per heavy atom. The Balaban J connectivity index is 1.83. The van der Waals surface area contributed by atoms with Crippen LogP contribution in [0.15, 0.2) is 36.7 Å². The number of rotatable bonds is 6. The van der Waals surface area contributed by atoms with Crippen molar-refractivity contribution in [3.63, 3.8) is 0 Å². The smallest absolute Gasteiger partial charge is 0.328 e. The number of benzene rings is 1. The second-order valence-electron chi connectivity index (χ2n) is 4.37. The van der Waals surface area contributed by atoms with Gasteiger partial charge in [0.1, 0.15) is 0 Å². The molecule has 0 saturated heterocycles. The van der Waals surface area contributed by atoms with Gasteiger partial charge in [0.05, 0.1) is 17.4 Å². The molecule has 5 nitrogen and oxygen atoms in total. The molecule has 0 aliphatic rings. The van der Waals surface area contributed by atoms with Crippen LogP contribution in [0.25, 0.3) is 11.0 Å². The van der Waals surface area contributed by atoms with Gasteiger partial charge in [-0.25, -0.2) is 9.78 Å². The highest BCUT2D eigenvalue weighted by atomic mass is 16.4. The van der Waals surface area contributed by atoms with Gasteiger partial charge in [-0.2, -0.15) is 0 Å². The molecule has 1 heterocycles. The first kappa shape index (κ1) is 13.3. The second kappa shape index (κ2) is 6.15. The van der Waals surface area contributed by atoms with Gasteiger partial charge < -0.3 is 15.0 Å². The largest absolute Gasteiger partial charge is 0.478 e. The summed E-state index contributed by atoms with van der Waals surface area (Å²) in [5, 5.41) is 11.6. The van der Waals surface area contributed by atoms with Crippen molar-refractivity contribution in [3.8, 4) is 0 Å². The van der Waals surface area contributed by atoms with Crippen LogP contribution in [0.4, 0.5) is 0 Å². The number of aryl methyl sites for hydroxylation is 1. The molecular weight excluding hydrogens is 242 g/mol. The van der Waals surface area contributed by atoms with Gasteiger partial charge in [-0.15, -0.1) is 0 Å². The van der Waals surface area contributed by atoms with E-state index in [0.717, 1.165) is 30.1 Å². The van der Waals surface area contributed by atoms with Gasteiger partial charge >= 0.3 is 5.97 Å². The molecule has 0 amide bonds. The standard InChI is InChI=1S/C14H17N3O2/c1-17-10-16-12-9-11(4-5-13(12)17)6-8-15-7-2-3-14(18)19/h2-5,9-10,15H,6-8H2,1H3,(H,18,19)/b3-2+. The van der Waals surface area contributed by atoms with Crippen LogP contribution in [0.3, 0.4) is 0 Å². The molecule has 2 rings (SSSR count). The van der Waals surface area contributed by atoms with Crippen molar-refractivity contribution in [2.24, 2.45) is 7.05 Å². The predicted molar refractivity (Wildman–Crippen MR) is 74.1 cm³/mol. The van der Waals surface area contributed by atoms with Crippen molar-refractivity contribution in [2.75, 3.05) is 13.1 Å². The van der Waals surface area contributed by atoms with Gasteiger partial charge in [0.15, 0.2) is 0 Å². The third kappa shape index (κ3) is 3.66. The zero-order valence-electron chi connectivity index (χ0n) is 10.8. The number of aromatic nitrogens is 2. The SMILES string of the molecule is Cn1cnc2cc(CCNC/C=C/C(=O)O)ccc21. The van der Waals surface area contributed by atoms with E-state index in [0.29, 0.717) is 6.54 Å². The topological polar surface area (TPSA) is 67.2 Å². The lowest BCUT2D eigenvalue weighted by Gasteiger charge is -2.03. The molecular formula is C14H17N3O2. The predicted octanol–water partition coefficient (Wildman–Crippen LogP) is 1.35. The molecule has 0 fully saturated rings. The molecule has 2 aromatic rings. The Kier molecular flexibility index (Phi) is 4.30. The molecule has 0 aliphatic heterocycles. The Morgan fingerprint density at radius 3 is 3.16 bits per heavy atom. The number of aliphatic carboxylic acids is 1. The number of carbonyl (C=O) groups is 1. The fourth-order valence-electron chi connectivity index (χ4n) is 1.92. The Labute approximate surface area is 111 Å². The van der Waals surface area contributed by atoms with Crippen LogP contribution < -0.4 is 5.32 Å². The van der Waals surface area contributed by atoms with E-state index >= 15 is 0 Å². The zero-order valence-corrected chi connectivity index (χ0v) is 10.8. The van der Waals surface area contributed by atoms with Crippen LogP contribution in [-0.2, 0) is 18.3 Å². The maximum atomic E-state index is 10.3. The summed E-state index contributed by atoms with van der Waals surface area (Å²) >= 11 is 0. The van der Waals surface area contributed by atoms with Crippen molar-refractivity contribution in [2.45, 2.75) is 6.42 Å². The quantitative estimate of drug-likeness (QED) is 0.607. The molecule has 0 bridgehead atoms. The maximum absolute atomic E-state index is 10.3. The highest BCUT2D eigenvalue weighted by Crippen LogP contribution is 2.13. The average Bonchev–Trinajstić information content (AvgIpc) is 2.75. The van der Waals surface area contributed by atoms with Crippen molar-refractivity contribution in [1.29, 1.82) is 0 Å². The van der Waals surface area contributed by atoms with Crippen molar-refractivity contribution >= 4 is 17.0 Å². The molecule has 5 heteroatoms. The molecule has 0 saturated carbocycles. The highest BCUT2D eigenvalue weighted by molar-refractivity contribution is 5.79. The fourth-order valence-corrected chi connectivity index (χ4v) is 1.92. The van der Waals surface area contributed by atoms with Crippen LogP contribution in [0.5, 0.6) is 0 Å². The number of carboxylic acids is 1. The van der Waals surface area contributed by atoms with Gasteiger partial charge in [0.2, 0.25) is 0 Å².